The van der Waals surface area contributed by atoms with Gasteiger partial charge in [0.05, 0.1) is 25.5 Å². The minimum absolute atomic E-state index is 0.0395. The highest BCUT2D eigenvalue weighted by molar-refractivity contribution is 5.44. The van der Waals surface area contributed by atoms with E-state index in [0.29, 0.717) is 25.5 Å². The van der Waals surface area contributed by atoms with Crippen molar-refractivity contribution in [3.05, 3.63) is 57.5 Å². The van der Waals surface area contributed by atoms with E-state index in [-0.39, 0.29) is 5.56 Å². The van der Waals surface area contributed by atoms with Gasteiger partial charge in [0.15, 0.2) is 0 Å². The van der Waals surface area contributed by atoms with Crippen LogP contribution in [0, 0.1) is 0 Å². The summed E-state index contributed by atoms with van der Waals surface area (Å²) in [4.78, 5) is 25.0. The van der Waals surface area contributed by atoms with E-state index in [1.54, 1.807) is 4.52 Å². The highest BCUT2D eigenvalue weighted by atomic mass is 16.5. The van der Waals surface area contributed by atoms with Gasteiger partial charge in [0.2, 0.25) is 5.95 Å². The summed E-state index contributed by atoms with van der Waals surface area (Å²) in [6, 6.07) is 10.2. The Labute approximate surface area is 157 Å². The van der Waals surface area contributed by atoms with Gasteiger partial charge in [-0.15, -0.1) is 0 Å². The zero-order valence-electron chi connectivity index (χ0n) is 15.3. The van der Waals surface area contributed by atoms with Crippen molar-refractivity contribution in [1.29, 1.82) is 0 Å². The first-order valence-corrected chi connectivity index (χ1v) is 9.69. The number of rotatable bonds is 3. The molecule has 1 aliphatic carbocycles. The Hall–Kier alpha value is -2.67. The van der Waals surface area contributed by atoms with Crippen molar-refractivity contribution in [3.8, 4) is 0 Å². The molecule has 0 amide bonds. The molecule has 0 saturated carbocycles. The molecule has 0 bridgehead atoms. The Morgan fingerprint density at radius 2 is 1.78 bits per heavy atom. The number of morpholine rings is 1. The van der Waals surface area contributed by atoms with Gasteiger partial charge in [-0.2, -0.15) is 9.50 Å². The largest absolute Gasteiger partial charge is 0.378 e. The predicted molar refractivity (Wildman–Crippen MR) is 102 cm³/mol. The second-order valence-corrected chi connectivity index (χ2v) is 7.22. The monoisotopic (exact) mass is 365 g/mol. The van der Waals surface area contributed by atoms with Gasteiger partial charge in [-0.05, 0) is 31.2 Å². The second-order valence-electron chi connectivity index (χ2n) is 7.22. The Morgan fingerprint density at radius 1 is 1.00 bits per heavy atom. The third-order valence-corrected chi connectivity index (χ3v) is 5.46. The van der Waals surface area contributed by atoms with E-state index in [9.17, 15) is 4.79 Å². The van der Waals surface area contributed by atoms with E-state index in [0.717, 1.165) is 61.5 Å². The summed E-state index contributed by atoms with van der Waals surface area (Å²) in [5, 5.41) is 0. The van der Waals surface area contributed by atoms with Crippen molar-refractivity contribution in [1.82, 2.24) is 19.2 Å². The van der Waals surface area contributed by atoms with Gasteiger partial charge in [0, 0.05) is 18.7 Å². The Kier molecular flexibility index (Phi) is 4.16. The molecule has 0 atom stereocenters. The quantitative estimate of drug-likeness (QED) is 0.706. The van der Waals surface area contributed by atoms with Gasteiger partial charge in [-0.1, -0.05) is 30.3 Å². The number of aryl methyl sites for hydroxylation is 1. The normalized spacial score (nSPS) is 17.3. The van der Waals surface area contributed by atoms with Crippen LogP contribution in [0.3, 0.4) is 0 Å². The maximum atomic E-state index is 13.3. The van der Waals surface area contributed by atoms with Crippen molar-refractivity contribution >= 4 is 11.7 Å². The summed E-state index contributed by atoms with van der Waals surface area (Å²) in [6.07, 6.45) is 3.84. The average Bonchev–Trinajstić information content (AvgIpc) is 3.08. The minimum atomic E-state index is 0.0395. The molecule has 5 rings (SSSR count). The molecule has 7 nitrogen and oxygen atoms in total. The molecule has 27 heavy (non-hydrogen) atoms. The molecule has 1 saturated heterocycles. The molecule has 1 aliphatic heterocycles. The molecule has 0 spiro atoms. The standard InChI is InChI=1S/C20H23N5O2/c26-18-16-8-4-5-9-17(16)21-19-22-20(23-10-12-27-13-11-23)24(25(18)19)14-15-6-2-1-3-7-15/h1-3,6-7H,4-5,8-14H2. The van der Waals surface area contributed by atoms with E-state index < -0.39 is 0 Å². The summed E-state index contributed by atoms with van der Waals surface area (Å²) >= 11 is 0. The summed E-state index contributed by atoms with van der Waals surface area (Å²) in [5.41, 5.74) is 2.97. The third-order valence-electron chi connectivity index (χ3n) is 5.46. The molecule has 2 aromatic heterocycles. The maximum Gasteiger partial charge on any atom is 0.277 e. The van der Waals surface area contributed by atoms with E-state index in [1.807, 2.05) is 22.9 Å². The lowest BCUT2D eigenvalue weighted by molar-refractivity contribution is 0.121. The summed E-state index contributed by atoms with van der Waals surface area (Å²) in [6.45, 7) is 3.48. The Balaban J connectivity index is 1.70. The van der Waals surface area contributed by atoms with Crippen LogP contribution in [-0.4, -0.2) is 45.5 Å². The van der Waals surface area contributed by atoms with Crippen LogP contribution in [0.4, 0.5) is 5.95 Å². The lowest BCUT2D eigenvalue weighted by Crippen LogP contribution is -2.39. The van der Waals surface area contributed by atoms with Crippen LogP contribution < -0.4 is 10.5 Å². The van der Waals surface area contributed by atoms with E-state index >= 15 is 0 Å². The molecule has 0 unspecified atom stereocenters. The molecule has 1 fully saturated rings. The van der Waals surface area contributed by atoms with Crippen LogP contribution >= 0.6 is 0 Å². The number of hydrogen-bond acceptors (Lipinski definition) is 5. The number of anilines is 1. The molecule has 0 radical (unpaired) electrons. The number of nitrogens with zero attached hydrogens (tertiary/aromatic N) is 5. The van der Waals surface area contributed by atoms with E-state index in [4.69, 9.17) is 14.7 Å². The fourth-order valence-corrected chi connectivity index (χ4v) is 4.05. The fourth-order valence-electron chi connectivity index (χ4n) is 4.05. The fraction of sp³-hybridized carbons (Fsp3) is 0.450. The highest BCUT2D eigenvalue weighted by Crippen LogP contribution is 2.21. The van der Waals surface area contributed by atoms with Crippen molar-refractivity contribution in [2.75, 3.05) is 31.2 Å². The Bertz CT molecular complexity index is 1020. The van der Waals surface area contributed by atoms with E-state index in [2.05, 4.69) is 17.0 Å². The van der Waals surface area contributed by atoms with Crippen molar-refractivity contribution < 1.29 is 4.74 Å². The molecule has 140 valence electrons. The average molecular weight is 365 g/mol. The lowest BCUT2D eigenvalue weighted by Gasteiger charge is -2.28. The number of hydrogen-bond donors (Lipinski definition) is 0. The van der Waals surface area contributed by atoms with Crippen molar-refractivity contribution in [2.24, 2.45) is 0 Å². The zero-order chi connectivity index (χ0) is 18.2. The number of benzene rings is 1. The Morgan fingerprint density at radius 3 is 2.59 bits per heavy atom. The van der Waals surface area contributed by atoms with Gasteiger partial charge in [-0.3, -0.25) is 4.79 Å². The number of ether oxygens (including phenoxy) is 1. The number of aromatic nitrogens is 4. The van der Waals surface area contributed by atoms with Crippen LogP contribution in [0.5, 0.6) is 0 Å². The van der Waals surface area contributed by atoms with Gasteiger partial charge in [0.25, 0.3) is 11.3 Å². The van der Waals surface area contributed by atoms with Crippen LogP contribution in [0.1, 0.15) is 29.7 Å². The van der Waals surface area contributed by atoms with Crippen molar-refractivity contribution in [3.63, 3.8) is 0 Å². The smallest absolute Gasteiger partial charge is 0.277 e. The highest BCUT2D eigenvalue weighted by Gasteiger charge is 2.24. The molecule has 7 heteroatoms. The molecule has 0 N–H and O–H groups in total. The molecule has 1 aromatic carbocycles. The van der Waals surface area contributed by atoms with Crippen LogP contribution in [0.25, 0.3) is 5.78 Å². The van der Waals surface area contributed by atoms with E-state index in [1.165, 1.54) is 0 Å². The zero-order valence-corrected chi connectivity index (χ0v) is 15.3. The first kappa shape index (κ1) is 16.5. The summed E-state index contributed by atoms with van der Waals surface area (Å²) in [7, 11) is 0. The lowest BCUT2D eigenvalue weighted by atomic mass is 9.97. The maximum absolute atomic E-state index is 13.3. The summed E-state index contributed by atoms with van der Waals surface area (Å²) in [5.74, 6) is 1.31. The number of fused-ring (bicyclic) bond motifs is 2. The predicted octanol–water partition coefficient (Wildman–Crippen LogP) is 1.65. The molecule has 2 aliphatic rings. The molecule has 3 aromatic rings. The van der Waals surface area contributed by atoms with Crippen LogP contribution in [-0.2, 0) is 24.1 Å². The molecular formula is C20H23N5O2. The van der Waals surface area contributed by atoms with Crippen molar-refractivity contribution in [2.45, 2.75) is 32.2 Å². The third kappa shape index (κ3) is 2.92. The SMILES string of the molecule is O=c1c2c(nc3nc(N4CCOCC4)n(Cc4ccccc4)n13)CCCC2. The first-order valence-electron chi connectivity index (χ1n) is 9.69. The minimum Gasteiger partial charge on any atom is -0.378 e. The first-order chi connectivity index (χ1) is 13.3. The van der Waals surface area contributed by atoms with Gasteiger partial charge >= 0.3 is 0 Å². The molecular weight excluding hydrogens is 342 g/mol. The van der Waals surface area contributed by atoms with Gasteiger partial charge < -0.3 is 9.64 Å². The van der Waals surface area contributed by atoms with Crippen LogP contribution in [0.2, 0.25) is 0 Å². The second kappa shape index (κ2) is 6.81. The molecule has 3 heterocycles. The van der Waals surface area contributed by atoms with Gasteiger partial charge in [-0.25, -0.2) is 9.67 Å². The van der Waals surface area contributed by atoms with Gasteiger partial charge in [0.1, 0.15) is 0 Å². The van der Waals surface area contributed by atoms with Crippen LogP contribution in [0.15, 0.2) is 35.1 Å². The topological polar surface area (TPSA) is 64.7 Å². The summed E-state index contributed by atoms with van der Waals surface area (Å²) < 4.78 is 9.16.